The van der Waals surface area contributed by atoms with Crippen LogP contribution in [0.3, 0.4) is 0 Å². The average Bonchev–Trinajstić information content (AvgIpc) is 3.04. The molecule has 1 N–H and O–H groups in total. The number of carbonyl (C=O) groups is 3. The van der Waals surface area contributed by atoms with Crippen LogP contribution in [0.4, 0.5) is 10.1 Å². The third kappa shape index (κ3) is 4.42. The molecule has 6 nitrogen and oxygen atoms in total. The molecule has 2 aromatic rings. The van der Waals surface area contributed by atoms with Gasteiger partial charge in [0.2, 0.25) is 5.91 Å². The Kier molecular flexibility index (Phi) is 6.22. The molecule has 2 aromatic carbocycles. The lowest BCUT2D eigenvalue weighted by atomic mass is 9.96. The summed E-state index contributed by atoms with van der Waals surface area (Å²) in [6.07, 6.45) is 0.220. The maximum Gasteiger partial charge on any atom is 0.335 e. The number of amides is 1. The summed E-state index contributed by atoms with van der Waals surface area (Å²) in [7, 11) is 0. The van der Waals surface area contributed by atoms with Crippen LogP contribution in [0.1, 0.15) is 39.3 Å². The fourth-order valence-electron chi connectivity index (χ4n) is 3.38. The van der Waals surface area contributed by atoms with Gasteiger partial charge in [-0.2, -0.15) is 0 Å². The first-order valence-corrected chi connectivity index (χ1v) is 10.0. The Bertz CT molecular complexity index is 960. The quantitative estimate of drug-likeness (QED) is 0.722. The molecule has 1 aliphatic rings. The van der Waals surface area contributed by atoms with Crippen molar-refractivity contribution in [1.82, 2.24) is 0 Å². The zero-order chi connectivity index (χ0) is 21.1. The van der Waals surface area contributed by atoms with Gasteiger partial charge in [-0.1, -0.05) is 12.1 Å². The molecule has 29 heavy (non-hydrogen) atoms. The molecule has 1 saturated heterocycles. The second-order valence-corrected chi connectivity index (χ2v) is 7.68. The number of ether oxygens (including phenoxy) is 1. The van der Waals surface area contributed by atoms with E-state index in [0.717, 1.165) is 5.56 Å². The van der Waals surface area contributed by atoms with E-state index in [0.29, 0.717) is 16.8 Å². The van der Waals surface area contributed by atoms with E-state index < -0.39 is 11.9 Å². The van der Waals surface area contributed by atoms with E-state index in [1.54, 1.807) is 30.0 Å². The van der Waals surface area contributed by atoms with Crippen molar-refractivity contribution in [2.75, 3.05) is 17.3 Å². The van der Waals surface area contributed by atoms with Crippen LogP contribution in [0.2, 0.25) is 0 Å². The van der Waals surface area contributed by atoms with E-state index in [1.807, 2.05) is 0 Å². The Balaban J connectivity index is 2.01. The molecule has 1 unspecified atom stereocenters. The third-order valence-electron chi connectivity index (χ3n) is 4.74. The lowest BCUT2D eigenvalue weighted by Gasteiger charge is -2.27. The van der Waals surface area contributed by atoms with E-state index in [2.05, 4.69) is 0 Å². The van der Waals surface area contributed by atoms with Crippen LogP contribution in [0.15, 0.2) is 36.4 Å². The van der Waals surface area contributed by atoms with Gasteiger partial charge in [0.25, 0.3) is 0 Å². The van der Waals surface area contributed by atoms with E-state index >= 15 is 0 Å². The van der Waals surface area contributed by atoms with Crippen molar-refractivity contribution >= 4 is 35.3 Å². The minimum atomic E-state index is -1.09. The maximum atomic E-state index is 13.3. The molecule has 8 heteroatoms. The number of esters is 1. The van der Waals surface area contributed by atoms with Crippen molar-refractivity contribution in [3.8, 4) is 0 Å². The number of carbonyl (C=O) groups excluding carboxylic acids is 2. The molecule has 0 aromatic heterocycles. The largest absolute Gasteiger partial charge is 0.478 e. The fourth-order valence-corrected chi connectivity index (χ4v) is 4.55. The van der Waals surface area contributed by atoms with Gasteiger partial charge in [-0.25, -0.2) is 9.18 Å². The van der Waals surface area contributed by atoms with Gasteiger partial charge in [-0.15, -0.1) is 11.8 Å². The first kappa shape index (κ1) is 20.9. The van der Waals surface area contributed by atoms with Gasteiger partial charge < -0.3 is 9.84 Å². The highest BCUT2D eigenvalue weighted by molar-refractivity contribution is 8.00. The second-order valence-electron chi connectivity index (χ2n) is 6.61. The summed E-state index contributed by atoms with van der Waals surface area (Å²) < 4.78 is 18.3. The van der Waals surface area contributed by atoms with Crippen LogP contribution in [-0.4, -0.2) is 35.3 Å². The Morgan fingerprint density at radius 2 is 1.93 bits per heavy atom. The number of halogens is 1. The number of carboxylic acids is 1. The number of hydrogen-bond acceptors (Lipinski definition) is 5. The van der Waals surface area contributed by atoms with Gasteiger partial charge in [-0.05, 0) is 47.9 Å². The Morgan fingerprint density at radius 3 is 2.55 bits per heavy atom. The fraction of sp³-hybridized carbons (Fsp3) is 0.286. The lowest BCUT2D eigenvalue weighted by Crippen LogP contribution is -2.29. The molecule has 1 fully saturated rings. The summed E-state index contributed by atoms with van der Waals surface area (Å²) in [6, 6.07) is 9.06. The zero-order valence-corrected chi connectivity index (χ0v) is 16.8. The molecule has 0 radical (unpaired) electrons. The number of nitrogens with zero attached hydrogens (tertiary/aromatic N) is 1. The number of benzene rings is 2. The minimum absolute atomic E-state index is 0.0456. The Morgan fingerprint density at radius 1 is 1.24 bits per heavy atom. The zero-order valence-electron chi connectivity index (χ0n) is 16.0. The predicted octanol–water partition coefficient (Wildman–Crippen LogP) is 3.72. The van der Waals surface area contributed by atoms with Gasteiger partial charge in [0.05, 0.1) is 17.9 Å². The topological polar surface area (TPSA) is 83.9 Å². The van der Waals surface area contributed by atoms with Crippen LogP contribution in [0.5, 0.6) is 0 Å². The van der Waals surface area contributed by atoms with E-state index in [1.165, 1.54) is 36.9 Å². The standard InChI is InChI=1S/C21H20FNO5S/c1-12-16(9-10-28-13(2)24)17(21(26)27)7-8-18(12)23-19(25)11-29-20(23)14-3-5-15(22)6-4-14/h3-8,20H,9-11H2,1-2H3,(H,26,27). The Labute approximate surface area is 171 Å². The van der Waals surface area contributed by atoms with Gasteiger partial charge >= 0.3 is 11.9 Å². The van der Waals surface area contributed by atoms with Crippen LogP contribution in [0, 0.1) is 12.7 Å². The third-order valence-corrected chi connectivity index (χ3v) is 5.95. The van der Waals surface area contributed by atoms with Gasteiger partial charge in [0, 0.05) is 19.0 Å². The van der Waals surface area contributed by atoms with Crippen molar-refractivity contribution in [3.05, 3.63) is 64.5 Å². The summed E-state index contributed by atoms with van der Waals surface area (Å²) in [5, 5.41) is 9.20. The van der Waals surface area contributed by atoms with E-state index in [9.17, 15) is 23.9 Å². The summed E-state index contributed by atoms with van der Waals surface area (Å²) >= 11 is 1.43. The molecular formula is C21H20FNO5S. The van der Waals surface area contributed by atoms with Crippen molar-refractivity contribution in [3.63, 3.8) is 0 Å². The van der Waals surface area contributed by atoms with Crippen molar-refractivity contribution in [2.24, 2.45) is 0 Å². The highest BCUT2D eigenvalue weighted by atomic mass is 32.2. The van der Waals surface area contributed by atoms with E-state index in [4.69, 9.17) is 4.74 Å². The van der Waals surface area contributed by atoms with Gasteiger partial charge in [0.1, 0.15) is 11.2 Å². The van der Waals surface area contributed by atoms with Crippen molar-refractivity contribution in [2.45, 2.75) is 25.6 Å². The minimum Gasteiger partial charge on any atom is -0.478 e. The molecule has 3 rings (SSSR count). The summed E-state index contributed by atoms with van der Waals surface area (Å²) in [6.45, 7) is 3.08. The van der Waals surface area contributed by atoms with Crippen LogP contribution < -0.4 is 4.90 Å². The molecule has 152 valence electrons. The second kappa shape index (κ2) is 8.65. The van der Waals surface area contributed by atoms with Gasteiger partial charge in [0.15, 0.2) is 0 Å². The summed E-state index contributed by atoms with van der Waals surface area (Å²) in [5.41, 5.74) is 2.64. The number of carboxylic acid groups (broad SMARTS) is 1. The Hall–Kier alpha value is -2.87. The first-order valence-electron chi connectivity index (χ1n) is 8.98. The molecule has 0 saturated carbocycles. The average molecular weight is 417 g/mol. The molecule has 1 amide bonds. The normalized spacial score (nSPS) is 16.2. The smallest absolute Gasteiger partial charge is 0.335 e. The SMILES string of the molecule is CC(=O)OCCc1c(C(=O)O)ccc(N2C(=O)CSC2c2ccc(F)cc2)c1C. The number of hydrogen-bond donors (Lipinski definition) is 1. The first-order chi connectivity index (χ1) is 13.8. The molecule has 1 aliphatic heterocycles. The number of rotatable bonds is 6. The molecule has 1 heterocycles. The number of anilines is 1. The number of aromatic carboxylic acids is 1. The maximum absolute atomic E-state index is 13.3. The predicted molar refractivity (Wildman–Crippen MR) is 108 cm³/mol. The van der Waals surface area contributed by atoms with Crippen LogP contribution in [-0.2, 0) is 20.7 Å². The summed E-state index contributed by atoms with van der Waals surface area (Å²) in [5.74, 6) is -1.73. The number of thioether (sulfide) groups is 1. The molecule has 0 aliphatic carbocycles. The van der Waals surface area contributed by atoms with Crippen molar-refractivity contribution in [1.29, 1.82) is 0 Å². The monoisotopic (exact) mass is 417 g/mol. The van der Waals surface area contributed by atoms with Gasteiger partial charge in [-0.3, -0.25) is 14.5 Å². The van der Waals surface area contributed by atoms with Crippen LogP contribution in [0.25, 0.3) is 0 Å². The highest BCUT2D eigenvalue weighted by Gasteiger charge is 2.35. The van der Waals surface area contributed by atoms with E-state index in [-0.39, 0.29) is 41.4 Å². The molecular weight excluding hydrogens is 397 g/mol. The van der Waals surface area contributed by atoms with Crippen LogP contribution >= 0.6 is 11.8 Å². The highest BCUT2D eigenvalue weighted by Crippen LogP contribution is 2.43. The molecule has 0 spiro atoms. The molecule has 0 bridgehead atoms. The molecule has 1 atom stereocenters. The summed E-state index contributed by atoms with van der Waals surface area (Å²) in [4.78, 5) is 37.0. The lowest BCUT2D eigenvalue weighted by molar-refractivity contribution is -0.140. The van der Waals surface area contributed by atoms with Crippen molar-refractivity contribution < 1.29 is 28.6 Å².